The van der Waals surface area contributed by atoms with Gasteiger partial charge >= 0.3 is 0 Å². The van der Waals surface area contributed by atoms with Crippen LogP contribution in [0.25, 0.3) is 0 Å². The Morgan fingerprint density at radius 2 is 1.48 bits per heavy atom. The predicted octanol–water partition coefficient (Wildman–Crippen LogP) is 2.77. The van der Waals surface area contributed by atoms with Crippen LogP contribution in [-0.2, 0) is 14.8 Å². The van der Waals surface area contributed by atoms with E-state index in [2.05, 4.69) is 10.2 Å². The Hall–Kier alpha value is -1.44. The Morgan fingerprint density at radius 1 is 0.968 bits per heavy atom. The number of nitrogens with one attached hydrogen (secondary N) is 1. The van der Waals surface area contributed by atoms with Gasteiger partial charge in [-0.1, -0.05) is 17.7 Å². The molecule has 4 bridgehead atoms. The Morgan fingerprint density at radius 3 is 2.00 bits per heavy atom. The highest BCUT2D eigenvalue weighted by atomic mass is 32.2. The van der Waals surface area contributed by atoms with Gasteiger partial charge in [0.2, 0.25) is 15.9 Å². The standard InChI is InChI=1S/C24H35N3O3S/c1-17-3-5-22(6-4-17)31(29,30)27-9-7-26(8-10-27)18(2)23(28)25-24-14-19-11-20(15-24)13-21(12-19)16-24/h3-6,18-21H,7-16H2,1-2H3,(H,25,28). The third kappa shape index (κ3) is 4.05. The summed E-state index contributed by atoms with van der Waals surface area (Å²) in [5, 5.41) is 3.48. The van der Waals surface area contributed by atoms with Crippen molar-refractivity contribution in [1.82, 2.24) is 14.5 Å². The average Bonchev–Trinajstić information content (AvgIpc) is 2.72. The number of carbonyl (C=O) groups excluding carboxylic acids is 1. The average molecular weight is 446 g/mol. The van der Waals surface area contributed by atoms with Crippen LogP contribution in [-0.4, -0.2) is 61.3 Å². The molecule has 0 radical (unpaired) electrons. The predicted molar refractivity (Wildman–Crippen MR) is 120 cm³/mol. The molecule has 0 spiro atoms. The molecule has 0 aromatic heterocycles. The number of hydrogen-bond acceptors (Lipinski definition) is 4. The number of carbonyl (C=O) groups is 1. The van der Waals surface area contributed by atoms with Gasteiger partial charge in [-0.3, -0.25) is 9.69 Å². The van der Waals surface area contributed by atoms with Gasteiger partial charge in [0.1, 0.15) is 0 Å². The summed E-state index contributed by atoms with van der Waals surface area (Å²) in [7, 11) is -3.48. The van der Waals surface area contributed by atoms with Crippen LogP contribution < -0.4 is 5.32 Å². The summed E-state index contributed by atoms with van der Waals surface area (Å²) in [4.78, 5) is 15.7. The van der Waals surface area contributed by atoms with E-state index in [0.29, 0.717) is 31.1 Å². The highest BCUT2D eigenvalue weighted by molar-refractivity contribution is 7.89. The van der Waals surface area contributed by atoms with Crippen LogP contribution in [0.1, 0.15) is 51.0 Å². The number of nitrogens with zero attached hydrogens (tertiary/aromatic N) is 2. The minimum atomic E-state index is -3.48. The van der Waals surface area contributed by atoms with Gasteiger partial charge < -0.3 is 5.32 Å². The van der Waals surface area contributed by atoms with Crippen LogP contribution in [0.2, 0.25) is 0 Å². The molecule has 4 aliphatic carbocycles. The molecule has 1 atom stereocenters. The molecule has 6 rings (SSSR count). The van der Waals surface area contributed by atoms with Crippen molar-refractivity contribution in [2.75, 3.05) is 26.2 Å². The van der Waals surface area contributed by atoms with Crippen molar-refractivity contribution in [1.29, 1.82) is 0 Å². The molecule has 1 aromatic rings. The van der Waals surface area contributed by atoms with E-state index in [4.69, 9.17) is 0 Å². The number of piperazine rings is 1. The lowest BCUT2D eigenvalue weighted by molar-refractivity contribution is -0.132. The van der Waals surface area contributed by atoms with Crippen molar-refractivity contribution in [3.05, 3.63) is 29.8 Å². The van der Waals surface area contributed by atoms with Gasteiger partial charge in [0.05, 0.1) is 10.9 Å². The molecule has 1 aliphatic heterocycles. The molecule has 1 amide bonds. The first-order valence-corrected chi connectivity index (χ1v) is 13.3. The normalized spacial score (nSPS) is 34.6. The van der Waals surface area contributed by atoms with Crippen molar-refractivity contribution >= 4 is 15.9 Å². The number of aryl methyl sites for hydroxylation is 1. The fourth-order valence-corrected chi connectivity index (χ4v) is 8.41. The van der Waals surface area contributed by atoms with Gasteiger partial charge in [0.25, 0.3) is 0 Å². The molecule has 6 nitrogen and oxygen atoms in total. The Balaban J connectivity index is 1.19. The molecule has 4 saturated carbocycles. The Kier molecular flexibility index (Phi) is 5.42. The Bertz CT molecular complexity index is 900. The monoisotopic (exact) mass is 445 g/mol. The zero-order valence-corrected chi connectivity index (χ0v) is 19.5. The summed E-state index contributed by atoms with van der Waals surface area (Å²) in [5.41, 5.74) is 1.07. The molecule has 1 aromatic carbocycles. The highest BCUT2D eigenvalue weighted by Crippen LogP contribution is 2.55. The lowest BCUT2D eigenvalue weighted by atomic mass is 9.53. The van der Waals surface area contributed by atoms with Gasteiger partial charge in [-0.2, -0.15) is 4.31 Å². The Labute approximate surface area is 186 Å². The van der Waals surface area contributed by atoms with E-state index in [1.54, 1.807) is 16.4 Å². The van der Waals surface area contributed by atoms with Gasteiger partial charge in [-0.05, 0) is 82.3 Å². The van der Waals surface area contributed by atoms with Crippen LogP contribution in [0.4, 0.5) is 0 Å². The van der Waals surface area contributed by atoms with Crippen LogP contribution in [0.15, 0.2) is 29.2 Å². The van der Waals surface area contributed by atoms with Gasteiger partial charge in [-0.25, -0.2) is 8.42 Å². The van der Waals surface area contributed by atoms with Crippen LogP contribution in [0, 0.1) is 24.7 Å². The first-order chi connectivity index (χ1) is 14.7. The third-order valence-electron chi connectivity index (χ3n) is 8.29. The maximum absolute atomic E-state index is 13.2. The maximum Gasteiger partial charge on any atom is 0.243 e. The molecule has 1 saturated heterocycles. The summed E-state index contributed by atoms with van der Waals surface area (Å²) in [6.45, 7) is 5.93. The van der Waals surface area contributed by atoms with Crippen molar-refractivity contribution in [2.24, 2.45) is 17.8 Å². The summed E-state index contributed by atoms with van der Waals surface area (Å²) < 4.78 is 27.5. The maximum atomic E-state index is 13.2. The molecular weight excluding hydrogens is 410 g/mol. The second kappa shape index (κ2) is 7.85. The minimum absolute atomic E-state index is 0.0245. The van der Waals surface area contributed by atoms with Crippen molar-refractivity contribution in [3.63, 3.8) is 0 Å². The van der Waals surface area contributed by atoms with E-state index in [9.17, 15) is 13.2 Å². The lowest BCUT2D eigenvalue weighted by Gasteiger charge is -2.57. The van der Waals surface area contributed by atoms with E-state index in [-0.39, 0.29) is 17.5 Å². The van der Waals surface area contributed by atoms with Crippen LogP contribution in [0.3, 0.4) is 0 Å². The summed E-state index contributed by atoms with van der Waals surface area (Å²) in [6.07, 6.45) is 7.55. The lowest BCUT2D eigenvalue weighted by Crippen LogP contribution is -2.63. The van der Waals surface area contributed by atoms with E-state index >= 15 is 0 Å². The molecule has 170 valence electrons. The third-order valence-corrected chi connectivity index (χ3v) is 10.2. The molecule has 1 N–H and O–H groups in total. The number of benzene rings is 1. The summed E-state index contributed by atoms with van der Waals surface area (Å²) in [5.74, 6) is 2.53. The minimum Gasteiger partial charge on any atom is -0.349 e. The highest BCUT2D eigenvalue weighted by Gasteiger charge is 2.52. The molecule has 5 aliphatic rings. The zero-order chi connectivity index (χ0) is 21.8. The molecule has 31 heavy (non-hydrogen) atoms. The second-order valence-electron chi connectivity index (χ2n) is 10.6. The van der Waals surface area contributed by atoms with Gasteiger partial charge in [-0.15, -0.1) is 0 Å². The van der Waals surface area contributed by atoms with E-state index in [0.717, 1.165) is 42.6 Å². The van der Waals surface area contributed by atoms with Crippen molar-refractivity contribution in [3.8, 4) is 0 Å². The molecule has 1 unspecified atom stereocenters. The topological polar surface area (TPSA) is 69.7 Å². The zero-order valence-electron chi connectivity index (χ0n) is 18.7. The largest absolute Gasteiger partial charge is 0.349 e. The summed E-state index contributed by atoms with van der Waals surface area (Å²) >= 11 is 0. The first kappa shape index (κ1) is 21.4. The fourth-order valence-electron chi connectivity index (χ4n) is 6.99. The molecule has 1 heterocycles. The summed E-state index contributed by atoms with van der Waals surface area (Å²) in [6, 6.07) is 6.80. The quantitative estimate of drug-likeness (QED) is 0.757. The van der Waals surface area contributed by atoms with E-state index < -0.39 is 10.0 Å². The SMILES string of the molecule is Cc1ccc(S(=O)(=O)N2CCN(C(C)C(=O)NC34CC5CC(CC(C5)C3)C4)CC2)cc1. The van der Waals surface area contributed by atoms with Crippen LogP contribution >= 0.6 is 0 Å². The van der Waals surface area contributed by atoms with Crippen molar-refractivity contribution < 1.29 is 13.2 Å². The smallest absolute Gasteiger partial charge is 0.243 e. The van der Waals surface area contributed by atoms with Crippen LogP contribution in [0.5, 0.6) is 0 Å². The second-order valence-corrected chi connectivity index (χ2v) is 12.6. The van der Waals surface area contributed by atoms with E-state index in [1.165, 1.54) is 19.3 Å². The number of rotatable bonds is 5. The van der Waals surface area contributed by atoms with Gasteiger partial charge in [0, 0.05) is 31.7 Å². The number of hydrogen-bond donors (Lipinski definition) is 1. The number of amides is 1. The van der Waals surface area contributed by atoms with Gasteiger partial charge in [0.15, 0.2) is 0 Å². The first-order valence-electron chi connectivity index (χ1n) is 11.9. The number of sulfonamides is 1. The van der Waals surface area contributed by atoms with E-state index in [1.807, 2.05) is 26.0 Å². The molecular formula is C24H35N3O3S. The molecule has 7 heteroatoms. The fraction of sp³-hybridized carbons (Fsp3) is 0.708. The molecule has 5 fully saturated rings. The van der Waals surface area contributed by atoms with Crippen molar-refractivity contribution in [2.45, 2.75) is 68.8 Å².